The average molecular weight is 400 g/mol. The maximum Gasteiger partial charge on any atom is 0.273 e. The van der Waals surface area contributed by atoms with Gasteiger partial charge in [0.25, 0.3) is 5.91 Å². The first-order valence-corrected chi connectivity index (χ1v) is 10.5. The van der Waals surface area contributed by atoms with Crippen molar-refractivity contribution in [1.29, 1.82) is 0 Å². The van der Waals surface area contributed by atoms with Gasteiger partial charge in [0, 0.05) is 36.8 Å². The summed E-state index contributed by atoms with van der Waals surface area (Å²) in [5.41, 5.74) is 3.08. The molecule has 6 nitrogen and oxygen atoms in total. The predicted octanol–water partition coefficient (Wildman–Crippen LogP) is 3.92. The van der Waals surface area contributed by atoms with Crippen molar-refractivity contribution in [3.05, 3.63) is 72.3 Å². The summed E-state index contributed by atoms with van der Waals surface area (Å²) in [6, 6.07) is 13.4. The monoisotopic (exact) mass is 400 g/mol. The molecule has 0 aromatic carbocycles. The molecule has 2 aliphatic heterocycles. The molecule has 152 valence electrons. The molecule has 30 heavy (non-hydrogen) atoms. The summed E-state index contributed by atoms with van der Waals surface area (Å²) in [5, 5.41) is 0. The van der Waals surface area contributed by atoms with E-state index >= 15 is 0 Å². The fourth-order valence-electron chi connectivity index (χ4n) is 4.61. The lowest BCUT2D eigenvalue weighted by Crippen LogP contribution is -2.59. The Bertz CT molecular complexity index is 1040. The van der Waals surface area contributed by atoms with E-state index in [2.05, 4.69) is 15.0 Å². The number of carbonyl (C=O) groups excluding carboxylic acids is 1. The van der Waals surface area contributed by atoms with Gasteiger partial charge in [0.15, 0.2) is 0 Å². The van der Waals surface area contributed by atoms with E-state index in [1.54, 1.807) is 12.4 Å². The number of carbonyl (C=O) groups is 1. The molecule has 1 aliphatic carbocycles. The minimum atomic E-state index is -0.0453. The first-order valence-electron chi connectivity index (χ1n) is 10.5. The van der Waals surface area contributed by atoms with Crippen LogP contribution < -0.4 is 4.74 Å². The summed E-state index contributed by atoms with van der Waals surface area (Å²) in [4.78, 5) is 28.8. The molecule has 6 heteroatoms. The van der Waals surface area contributed by atoms with Crippen molar-refractivity contribution < 1.29 is 9.53 Å². The summed E-state index contributed by atoms with van der Waals surface area (Å²) in [7, 11) is 0. The summed E-state index contributed by atoms with van der Waals surface area (Å²) >= 11 is 0. The molecule has 3 atom stereocenters. The molecular formula is C24H24N4O2. The number of amides is 1. The third-order valence-corrected chi connectivity index (χ3v) is 6.09. The number of fused-ring (bicyclic) bond motifs is 3. The second-order valence-corrected chi connectivity index (χ2v) is 8.15. The van der Waals surface area contributed by atoms with Gasteiger partial charge in [-0.2, -0.15) is 0 Å². The van der Waals surface area contributed by atoms with Crippen LogP contribution in [0.4, 0.5) is 0 Å². The third kappa shape index (κ3) is 3.54. The van der Waals surface area contributed by atoms with Gasteiger partial charge in [-0.3, -0.25) is 14.8 Å². The molecule has 3 aromatic heterocycles. The van der Waals surface area contributed by atoms with Crippen LogP contribution in [0.2, 0.25) is 0 Å². The molecule has 2 saturated heterocycles. The Morgan fingerprint density at radius 1 is 1.03 bits per heavy atom. The van der Waals surface area contributed by atoms with Crippen LogP contribution >= 0.6 is 0 Å². The Kier molecular flexibility index (Phi) is 4.91. The van der Waals surface area contributed by atoms with Crippen molar-refractivity contribution in [3.63, 3.8) is 0 Å². The van der Waals surface area contributed by atoms with Crippen molar-refractivity contribution in [1.82, 2.24) is 19.9 Å². The van der Waals surface area contributed by atoms with Crippen LogP contribution in [-0.2, 0) is 0 Å². The second-order valence-electron chi connectivity index (χ2n) is 8.15. The van der Waals surface area contributed by atoms with Crippen molar-refractivity contribution in [2.24, 2.45) is 5.92 Å². The first kappa shape index (κ1) is 18.7. The molecule has 3 unspecified atom stereocenters. The minimum Gasteiger partial charge on any atom is -0.472 e. The number of pyridine rings is 3. The largest absolute Gasteiger partial charge is 0.472 e. The maximum absolute atomic E-state index is 13.6. The van der Waals surface area contributed by atoms with Gasteiger partial charge in [-0.25, -0.2) is 4.98 Å². The zero-order valence-electron chi connectivity index (χ0n) is 16.9. The number of ether oxygens (including phenoxy) is 1. The van der Waals surface area contributed by atoms with Gasteiger partial charge in [0.05, 0.1) is 11.7 Å². The fourth-order valence-corrected chi connectivity index (χ4v) is 4.61. The lowest BCUT2D eigenvalue weighted by atomic mass is 9.77. The average Bonchev–Trinajstić information content (AvgIpc) is 2.81. The van der Waals surface area contributed by atoms with Crippen molar-refractivity contribution in [3.8, 4) is 17.1 Å². The van der Waals surface area contributed by atoms with E-state index in [1.807, 2.05) is 60.5 Å². The van der Waals surface area contributed by atoms with Gasteiger partial charge in [0.1, 0.15) is 11.8 Å². The maximum atomic E-state index is 13.6. The Hall–Kier alpha value is -3.28. The summed E-state index contributed by atoms with van der Waals surface area (Å²) < 4.78 is 6.24. The van der Waals surface area contributed by atoms with E-state index < -0.39 is 0 Å². The van der Waals surface area contributed by atoms with Crippen LogP contribution in [0.15, 0.2) is 61.1 Å². The first-order chi connectivity index (χ1) is 14.7. The number of piperidine rings is 2. The van der Waals surface area contributed by atoms with Gasteiger partial charge in [-0.1, -0.05) is 12.1 Å². The molecule has 5 heterocycles. The summed E-state index contributed by atoms with van der Waals surface area (Å²) in [6.45, 7) is 2.76. The molecular weight excluding hydrogens is 376 g/mol. The number of aryl methyl sites for hydroxylation is 1. The number of hydrogen-bond acceptors (Lipinski definition) is 5. The van der Waals surface area contributed by atoms with E-state index in [1.165, 1.54) is 0 Å². The van der Waals surface area contributed by atoms with Crippen LogP contribution in [-0.4, -0.2) is 44.4 Å². The lowest BCUT2D eigenvalue weighted by Gasteiger charge is -2.49. The summed E-state index contributed by atoms with van der Waals surface area (Å²) in [5.74, 6) is 1.02. The van der Waals surface area contributed by atoms with Crippen LogP contribution in [0.1, 0.15) is 35.3 Å². The lowest BCUT2D eigenvalue weighted by molar-refractivity contribution is -0.0315. The summed E-state index contributed by atoms with van der Waals surface area (Å²) in [6.07, 6.45) is 8.21. The standard InChI is InChI=1S/C24H24N4O2/c1-16-7-10-22(27-14-16)30-21-13-17-8-9-20(21)28(15-17)24(29)23-18(5-4-12-26-23)19-6-2-3-11-25-19/h2-7,10-12,14,17,20-21H,8-9,13,15H2,1H3. The number of aromatic nitrogens is 3. The van der Waals surface area contributed by atoms with Crippen LogP contribution in [0.5, 0.6) is 5.88 Å². The Balaban J connectivity index is 1.42. The third-order valence-electron chi connectivity index (χ3n) is 6.09. The molecule has 3 fully saturated rings. The smallest absolute Gasteiger partial charge is 0.273 e. The molecule has 0 spiro atoms. The number of rotatable bonds is 4. The highest BCUT2D eigenvalue weighted by Crippen LogP contribution is 2.38. The van der Waals surface area contributed by atoms with Crippen LogP contribution in [0, 0.1) is 12.8 Å². The van der Waals surface area contributed by atoms with Crippen LogP contribution in [0.3, 0.4) is 0 Å². The van der Waals surface area contributed by atoms with Gasteiger partial charge in [-0.05, 0) is 61.9 Å². The molecule has 0 N–H and O–H groups in total. The fraction of sp³-hybridized carbons (Fsp3) is 0.333. The van der Waals surface area contributed by atoms with Gasteiger partial charge in [0.2, 0.25) is 5.88 Å². The zero-order chi connectivity index (χ0) is 20.5. The second kappa shape index (κ2) is 7.86. The van der Waals surface area contributed by atoms with Crippen molar-refractivity contribution in [2.45, 2.75) is 38.3 Å². The van der Waals surface area contributed by atoms with Crippen molar-refractivity contribution >= 4 is 5.91 Å². The Morgan fingerprint density at radius 3 is 2.70 bits per heavy atom. The van der Waals surface area contributed by atoms with Crippen LogP contribution in [0.25, 0.3) is 11.3 Å². The highest BCUT2D eigenvalue weighted by Gasteiger charge is 2.45. The molecule has 1 amide bonds. The van der Waals surface area contributed by atoms with E-state index in [-0.39, 0.29) is 18.1 Å². The molecule has 2 bridgehead atoms. The van der Waals surface area contributed by atoms with E-state index in [0.717, 1.165) is 42.6 Å². The van der Waals surface area contributed by atoms with Gasteiger partial charge >= 0.3 is 0 Å². The SMILES string of the molecule is Cc1ccc(OC2CC3CCC2N(C(=O)c2ncccc2-c2ccccn2)C3)nc1. The molecule has 3 aliphatic rings. The molecule has 3 aromatic rings. The quantitative estimate of drug-likeness (QED) is 0.664. The van der Waals surface area contributed by atoms with E-state index in [9.17, 15) is 4.79 Å². The van der Waals surface area contributed by atoms with Gasteiger partial charge < -0.3 is 9.64 Å². The molecule has 1 saturated carbocycles. The highest BCUT2D eigenvalue weighted by molar-refractivity contribution is 5.98. The van der Waals surface area contributed by atoms with E-state index in [0.29, 0.717) is 17.5 Å². The van der Waals surface area contributed by atoms with Crippen molar-refractivity contribution in [2.75, 3.05) is 6.54 Å². The molecule has 6 rings (SSSR count). The Labute approximate surface area is 176 Å². The highest BCUT2D eigenvalue weighted by atomic mass is 16.5. The zero-order valence-corrected chi connectivity index (χ0v) is 16.9. The normalized spacial score (nSPS) is 22.7. The minimum absolute atomic E-state index is 0.0317. The molecule has 0 radical (unpaired) electrons. The van der Waals surface area contributed by atoms with Gasteiger partial charge in [-0.15, -0.1) is 0 Å². The topological polar surface area (TPSA) is 68.2 Å². The number of hydrogen-bond donors (Lipinski definition) is 0. The Morgan fingerprint density at radius 2 is 1.93 bits per heavy atom. The van der Waals surface area contributed by atoms with E-state index in [4.69, 9.17) is 4.74 Å². The predicted molar refractivity (Wildman–Crippen MR) is 113 cm³/mol. The number of nitrogens with zero attached hydrogens (tertiary/aromatic N) is 4.